The lowest BCUT2D eigenvalue weighted by Gasteiger charge is -2.23. The van der Waals surface area contributed by atoms with Crippen LogP contribution in [-0.2, 0) is 6.54 Å². The number of aryl methyl sites for hydroxylation is 2. The topological polar surface area (TPSA) is 62.9 Å². The summed E-state index contributed by atoms with van der Waals surface area (Å²) in [5, 5.41) is 7.41. The molecule has 1 aromatic heterocycles. The number of nitrogens with one attached hydrogen (secondary N) is 1. The molecular weight excluding hydrogens is 455 g/mol. The summed E-state index contributed by atoms with van der Waals surface area (Å²) in [5.41, 5.74) is 3.22. The lowest BCUT2D eigenvalue weighted by atomic mass is 10.00. The summed E-state index contributed by atoms with van der Waals surface area (Å²) in [4.78, 5) is 6.94. The summed E-state index contributed by atoms with van der Waals surface area (Å²) < 4.78 is 10.7. The van der Waals surface area contributed by atoms with Gasteiger partial charge in [0.15, 0.2) is 5.96 Å². The van der Waals surface area contributed by atoms with Crippen molar-refractivity contribution in [1.82, 2.24) is 15.4 Å². The van der Waals surface area contributed by atoms with E-state index in [2.05, 4.69) is 35.3 Å². The Bertz CT molecular complexity index is 726. The third-order valence-electron chi connectivity index (χ3n) is 4.39. The second-order valence-corrected chi connectivity index (χ2v) is 6.50. The van der Waals surface area contributed by atoms with E-state index in [9.17, 15) is 0 Å². The summed E-state index contributed by atoms with van der Waals surface area (Å²) in [6.07, 6.45) is 0. The molecule has 0 saturated carbocycles. The molecule has 0 radical (unpaired) electrons. The van der Waals surface area contributed by atoms with Gasteiger partial charge in [0.2, 0.25) is 0 Å². The number of rotatable bonds is 7. The van der Waals surface area contributed by atoms with Crippen molar-refractivity contribution in [3.8, 4) is 5.75 Å². The van der Waals surface area contributed by atoms with E-state index in [1.807, 2.05) is 39.1 Å². The van der Waals surface area contributed by atoms with Crippen LogP contribution < -0.4 is 10.1 Å². The first-order valence-electron chi connectivity index (χ1n) is 9.02. The van der Waals surface area contributed by atoms with Crippen LogP contribution in [-0.4, -0.2) is 43.3 Å². The van der Waals surface area contributed by atoms with Gasteiger partial charge in [-0.25, -0.2) is 0 Å². The molecule has 0 aliphatic heterocycles. The van der Waals surface area contributed by atoms with E-state index in [4.69, 9.17) is 14.3 Å². The van der Waals surface area contributed by atoms with Gasteiger partial charge in [-0.2, -0.15) is 0 Å². The molecule has 0 amide bonds. The van der Waals surface area contributed by atoms with E-state index >= 15 is 0 Å². The number of halogens is 1. The van der Waals surface area contributed by atoms with Gasteiger partial charge in [-0.3, -0.25) is 4.99 Å². The lowest BCUT2D eigenvalue weighted by molar-refractivity contribution is 0.391. The Balaban J connectivity index is 0.00000364. The molecule has 0 bridgehead atoms. The SMILES string of the molecule is CCNC(=NCC(C)c1c(C)noc1C)N(C)Cc1ccccc1OC.I. The molecule has 6 nitrogen and oxygen atoms in total. The molecule has 7 heteroatoms. The van der Waals surface area contributed by atoms with Crippen LogP contribution in [0.3, 0.4) is 0 Å². The number of methoxy groups -OCH3 is 1. The van der Waals surface area contributed by atoms with Crippen LogP contribution in [0.2, 0.25) is 0 Å². The van der Waals surface area contributed by atoms with Crippen molar-refractivity contribution in [3.05, 3.63) is 46.8 Å². The number of aromatic nitrogens is 1. The molecule has 2 rings (SSSR count). The van der Waals surface area contributed by atoms with Gasteiger partial charge in [-0.1, -0.05) is 30.3 Å². The van der Waals surface area contributed by atoms with Gasteiger partial charge in [0, 0.05) is 43.7 Å². The van der Waals surface area contributed by atoms with Crippen LogP contribution in [0.15, 0.2) is 33.8 Å². The monoisotopic (exact) mass is 486 g/mol. The quantitative estimate of drug-likeness (QED) is 0.363. The molecule has 0 fully saturated rings. The molecule has 2 aromatic rings. The average Bonchev–Trinajstić information content (AvgIpc) is 2.97. The highest BCUT2D eigenvalue weighted by Crippen LogP contribution is 2.23. The van der Waals surface area contributed by atoms with Crippen LogP contribution in [0.1, 0.15) is 42.3 Å². The zero-order valence-electron chi connectivity index (χ0n) is 17.1. The van der Waals surface area contributed by atoms with Crippen molar-refractivity contribution >= 4 is 29.9 Å². The summed E-state index contributed by atoms with van der Waals surface area (Å²) in [5.74, 6) is 2.88. The minimum atomic E-state index is 0. The molecule has 0 aliphatic carbocycles. The second kappa shape index (κ2) is 11.2. The molecule has 1 atom stereocenters. The van der Waals surface area contributed by atoms with E-state index in [-0.39, 0.29) is 29.9 Å². The fraction of sp³-hybridized carbons (Fsp3) is 0.500. The molecular formula is C20H31IN4O2. The number of hydrogen-bond donors (Lipinski definition) is 1. The zero-order chi connectivity index (χ0) is 19.1. The van der Waals surface area contributed by atoms with Crippen LogP contribution in [0.25, 0.3) is 0 Å². The van der Waals surface area contributed by atoms with Gasteiger partial charge in [0.1, 0.15) is 11.5 Å². The third kappa shape index (κ3) is 6.12. The molecule has 150 valence electrons. The Kier molecular flexibility index (Phi) is 9.62. The van der Waals surface area contributed by atoms with Gasteiger partial charge < -0.3 is 19.5 Å². The Labute approximate surface area is 179 Å². The number of benzene rings is 1. The first kappa shape index (κ1) is 23.3. The minimum Gasteiger partial charge on any atom is -0.496 e. The Morgan fingerprint density at radius 3 is 2.63 bits per heavy atom. The van der Waals surface area contributed by atoms with Crippen LogP contribution in [0.4, 0.5) is 0 Å². The molecule has 1 unspecified atom stereocenters. The molecule has 27 heavy (non-hydrogen) atoms. The number of guanidine groups is 1. The number of ether oxygens (including phenoxy) is 1. The fourth-order valence-corrected chi connectivity index (χ4v) is 3.14. The maximum atomic E-state index is 5.46. The van der Waals surface area contributed by atoms with Gasteiger partial charge in [-0.15, -0.1) is 24.0 Å². The lowest BCUT2D eigenvalue weighted by Crippen LogP contribution is -2.38. The first-order valence-corrected chi connectivity index (χ1v) is 9.02. The van der Waals surface area contributed by atoms with Crippen LogP contribution in [0.5, 0.6) is 5.75 Å². The number of nitrogens with zero attached hydrogens (tertiary/aromatic N) is 3. The van der Waals surface area contributed by atoms with Gasteiger partial charge in [-0.05, 0) is 26.8 Å². The second-order valence-electron chi connectivity index (χ2n) is 6.50. The number of aliphatic imine (C=N–C) groups is 1. The summed E-state index contributed by atoms with van der Waals surface area (Å²) in [6.45, 7) is 10.4. The maximum absolute atomic E-state index is 5.46. The summed E-state index contributed by atoms with van der Waals surface area (Å²) >= 11 is 0. The molecule has 0 aliphatic rings. The van der Waals surface area contributed by atoms with Crippen molar-refractivity contribution in [3.63, 3.8) is 0 Å². The van der Waals surface area contributed by atoms with Crippen molar-refractivity contribution in [2.75, 3.05) is 27.2 Å². The van der Waals surface area contributed by atoms with Crippen molar-refractivity contribution in [2.45, 2.75) is 40.2 Å². The smallest absolute Gasteiger partial charge is 0.193 e. The third-order valence-corrected chi connectivity index (χ3v) is 4.39. The molecule has 0 spiro atoms. The fourth-order valence-electron chi connectivity index (χ4n) is 3.14. The Hall–Kier alpha value is -1.77. The zero-order valence-corrected chi connectivity index (χ0v) is 19.4. The molecule has 1 aromatic carbocycles. The first-order chi connectivity index (χ1) is 12.5. The van der Waals surface area contributed by atoms with E-state index in [1.54, 1.807) is 7.11 Å². The van der Waals surface area contributed by atoms with E-state index in [1.165, 1.54) is 0 Å². The van der Waals surface area contributed by atoms with Gasteiger partial charge in [0.25, 0.3) is 0 Å². The van der Waals surface area contributed by atoms with Gasteiger partial charge in [0.05, 0.1) is 12.8 Å². The largest absolute Gasteiger partial charge is 0.496 e. The predicted octanol–water partition coefficient (Wildman–Crippen LogP) is 4.12. The van der Waals surface area contributed by atoms with Crippen LogP contribution >= 0.6 is 24.0 Å². The van der Waals surface area contributed by atoms with Crippen molar-refractivity contribution in [2.24, 2.45) is 4.99 Å². The van der Waals surface area contributed by atoms with Crippen molar-refractivity contribution in [1.29, 1.82) is 0 Å². The standard InChI is InChI=1S/C20H30N4O2.HI/c1-7-21-20(22-12-14(2)19-15(3)23-26-16(19)4)24(5)13-17-10-8-9-11-18(17)25-6;/h8-11,14H,7,12-13H2,1-6H3,(H,21,22);1H. The van der Waals surface area contributed by atoms with E-state index < -0.39 is 0 Å². The normalized spacial score (nSPS) is 12.3. The summed E-state index contributed by atoms with van der Waals surface area (Å²) in [6, 6.07) is 8.06. The molecule has 0 saturated heterocycles. The molecule has 1 heterocycles. The summed E-state index contributed by atoms with van der Waals surface area (Å²) in [7, 11) is 3.73. The Morgan fingerprint density at radius 2 is 2.04 bits per heavy atom. The number of hydrogen-bond acceptors (Lipinski definition) is 4. The maximum Gasteiger partial charge on any atom is 0.193 e. The molecule has 1 N–H and O–H groups in total. The predicted molar refractivity (Wildman–Crippen MR) is 120 cm³/mol. The van der Waals surface area contributed by atoms with Crippen LogP contribution in [0, 0.1) is 13.8 Å². The van der Waals surface area contributed by atoms with E-state index in [0.29, 0.717) is 6.54 Å². The highest BCUT2D eigenvalue weighted by atomic mass is 127. The van der Waals surface area contributed by atoms with Gasteiger partial charge >= 0.3 is 0 Å². The highest BCUT2D eigenvalue weighted by Gasteiger charge is 2.17. The average molecular weight is 486 g/mol. The number of para-hydroxylation sites is 1. The van der Waals surface area contributed by atoms with E-state index in [0.717, 1.165) is 47.4 Å². The highest BCUT2D eigenvalue weighted by molar-refractivity contribution is 14.0. The minimum absolute atomic E-state index is 0. The van der Waals surface area contributed by atoms with Crippen molar-refractivity contribution < 1.29 is 9.26 Å². The Morgan fingerprint density at radius 1 is 1.33 bits per heavy atom.